The van der Waals surface area contributed by atoms with E-state index in [1.165, 1.54) is 10.9 Å². The summed E-state index contributed by atoms with van der Waals surface area (Å²) in [5.74, 6) is 0.196. The predicted molar refractivity (Wildman–Crippen MR) is 77.2 cm³/mol. The zero-order valence-electron chi connectivity index (χ0n) is 11.5. The maximum absolute atomic E-state index is 12.5. The fourth-order valence-electron chi connectivity index (χ4n) is 3.02. The van der Waals surface area contributed by atoms with E-state index in [0.717, 1.165) is 37.0 Å². The number of aryl methyl sites for hydroxylation is 1. The van der Waals surface area contributed by atoms with E-state index in [1.807, 2.05) is 12.1 Å². The van der Waals surface area contributed by atoms with Crippen molar-refractivity contribution in [2.45, 2.75) is 38.5 Å². The number of para-hydroxylation sites is 1. The lowest BCUT2D eigenvalue weighted by Gasteiger charge is -2.16. The molecule has 1 saturated carbocycles. The quantitative estimate of drug-likeness (QED) is 0.867. The van der Waals surface area contributed by atoms with Crippen molar-refractivity contribution in [2.75, 3.05) is 6.54 Å². The van der Waals surface area contributed by atoms with Gasteiger partial charge >= 0.3 is 0 Å². The standard InChI is InChI=1S/C16H20N2O/c1-3-10-17-15(19)16(8-9-16)14-11(2)18-13-7-5-4-6-12(13)14/h4-7,18H,3,8-10H2,1-2H3,(H,17,19). The molecule has 1 fully saturated rings. The Bertz CT molecular complexity index is 623. The molecule has 1 heterocycles. The van der Waals surface area contributed by atoms with Crippen LogP contribution in [0.15, 0.2) is 24.3 Å². The topological polar surface area (TPSA) is 44.9 Å². The van der Waals surface area contributed by atoms with Gasteiger partial charge in [-0.25, -0.2) is 0 Å². The minimum absolute atomic E-state index is 0.196. The Labute approximate surface area is 113 Å². The van der Waals surface area contributed by atoms with Gasteiger partial charge < -0.3 is 10.3 Å². The van der Waals surface area contributed by atoms with E-state index in [1.54, 1.807) is 0 Å². The monoisotopic (exact) mass is 256 g/mol. The molecule has 1 aliphatic carbocycles. The molecule has 3 nitrogen and oxygen atoms in total. The summed E-state index contributed by atoms with van der Waals surface area (Å²) >= 11 is 0. The highest BCUT2D eigenvalue weighted by atomic mass is 16.2. The number of hydrogen-bond donors (Lipinski definition) is 2. The number of nitrogens with one attached hydrogen (secondary N) is 2. The van der Waals surface area contributed by atoms with Gasteiger partial charge in [0, 0.05) is 23.1 Å². The highest BCUT2D eigenvalue weighted by Crippen LogP contribution is 2.51. The Morgan fingerprint density at radius 1 is 1.37 bits per heavy atom. The number of fused-ring (bicyclic) bond motifs is 1. The summed E-state index contributed by atoms with van der Waals surface area (Å²) < 4.78 is 0. The SMILES string of the molecule is CCCNC(=O)C1(c2c(C)[nH]c3ccccc23)CC1. The van der Waals surface area contributed by atoms with Crippen LogP contribution >= 0.6 is 0 Å². The number of hydrogen-bond acceptors (Lipinski definition) is 1. The Balaban J connectivity index is 2.04. The fraction of sp³-hybridized carbons (Fsp3) is 0.438. The molecular formula is C16H20N2O. The molecule has 0 unspecified atom stereocenters. The third-order valence-electron chi connectivity index (χ3n) is 4.09. The molecule has 1 aromatic heterocycles. The third-order valence-corrected chi connectivity index (χ3v) is 4.09. The van der Waals surface area contributed by atoms with Crippen LogP contribution in [0.25, 0.3) is 10.9 Å². The smallest absolute Gasteiger partial charge is 0.230 e. The van der Waals surface area contributed by atoms with Gasteiger partial charge in [0.1, 0.15) is 0 Å². The zero-order chi connectivity index (χ0) is 13.5. The van der Waals surface area contributed by atoms with Crippen LogP contribution in [0.2, 0.25) is 0 Å². The van der Waals surface area contributed by atoms with Crippen molar-refractivity contribution >= 4 is 16.8 Å². The third kappa shape index (κ3) is 1.84. The summed E-state index contributed by atoms with van der Waals surface area (Å²) in [4.78, 5) is 15.9. The molecule has 1 aliphatic rings. The first-order chi connectivity index (χ1) is 9.19. The van der Waals surface area contributed by atoms with Crippen LogP contribution in [0.5, 0.6) is 0 Å². The summed E-state index contributed by atoms with van der Waals surface area (Å²) in [5, 5.41) is 4.26. The van der Waals surface area contributed by atoms with Crippen molar-refractivity contribution in [1.29, 1.82) is 0 Å². The maximum atomic E-state index is 12.5. The van der Waals surface area contributed by atoms with E-state index in [4.69, 9.17) is 0 Å². The molecule has 19 heavy (non-hydrogen) atoms. The number of carbonyl (C=O) groups is 1. The average molecular weight is 256 g/mol. The van der Waals surface area contributed by atoms with Gasteiger partial charge in [0.05, 0.1) is 5.41 Å². The van der Waals surface area contributed by atoms with E-state index in [0.29, 0.717) is 0 Å². The highest BCUT2D eigenvalue weighted by Gasteiger charge is 2.53. The van der Waals surface area contributed by atoms with Gasteiger partial charge in [-0.15, -0.1) is 0 Å². The highest BCUT2D eigenvalue weighted by molar-refractivity contribution is 5.98. The minimum atomic E-state index is -0.279. The van der Waals surface area contributed by atoms with E-state index < -0.39 is 0 Å². The molecule has 1 aromatic carbocycles. The van der Waals surface area contributed by atoms with Crippen LogP contribution in [0.4, 0.5) is 0 Å². The molecule has 2 aromatic rings. The lowest BCUT2D eigenvalue weighted by Crippen LogP contribution is -2.35. The predicted octanol–water partition coefficient (Wildman–Crippen LogP) is 3.03. The molecule has 2 N–H and O–H groups in total. The summed E-state index contributed by atoms with van der Waals surface area (Å²) in [7, 11) is 0. The normalized spacial score (nSPS) is 16.5. The van der Waals surface area contributed by atoms with Crippen LogP contribution in [0.3, 0.4) is 0 Å². The maximum Gasteiger partial charge on any atom is 0.230 e. The van der Waals surface area contributed by atoms with Crippen LogP contribution in [-0.4, -0.2) is 17.4 Å². The Morgan fingerprint density at radius 3 is 2.79 bits per heavy atom. The van der Waals surface area contributed by atoms with Crippen molar-refractivity contribution in [3.63, 3.8) is 0 Å². The molecular weight excluding hydrogens is 236 g/mol. The molecule has 100 valence electrons. The second-order valence-corrected chi connectivity index (χ2v) is 5.51. The summed E-state index contributed by atoms with van der Waals surface area (Å²) in [6, 6.07) is 8.26. The first-order valence-corrected chi connectivity index (χ1v) is 7.05. The molecule has 0 saturated heterocycles. The lowest BCUT2D eigenvalue weighted by atomic mass is 9.92. The number of aromatic amines is 1. The average Bonchev–Trinajstić information content (AvgIpc) is 3.13. The first kappa shape index (κ1) is 12.3. The molecule has 0 radical (unpaired) electrons. The number of carbonyl (C=O) groups excluding carboxylic acids is 1. The second kappa shape index (κ2) is 4.41. The van der Waals surface area contributed by atoms with Crippen molar-refractivity contribution in [3.05, 3.63) is 35.5 Å². The summed E-state index contributed by atoms with van der Waals surface area (Å²) in [6.45, 7) is 4.92. The summed E-state index contributed by atoms with van der Waals surface area (Å²) in [6.07, 6.45) is 2.91. The van der Waals surface area contributed by atoms with E-state index in [-0.39, 0.29) is 11.3 Å². The van der Waals surface area contributed by atoms with E-state index in [9.17, 15) is 4.79 Å². The van der Waals surface area contributed by atoms with E-state index in [2.05, 4.69) is 36.3 Å². The van der Waals surface area contributed by atoms with Gasteiger partial charge in [0.2, 0.25) is 5.91 Å². The number of benzene rings is 1. The minimum Gasteiger partial charge on any atom is -0.358 e. The van der Waals surface area contributed by atoms with Gasteiger partial charge in [-0.05, 0) is 37.8 Å². The van der Waals surface area contributed by atoms with Gasteiger partial charge in [-0.2, -0.15) is 0 Å². The van der Waals surface area contributed by atoms with Crippen molar-refractivity contribution < 1.29 is 4.79 Å². The summed E-state index contributed by atoms with van der Waals surface area (Å²) in [5.41, 5.74) is 3.19. The van der Waals surface area contributed by atoms with E-state index >= 15 is 0 Å². The Kier molecular flexibility index (Phi) is 2.85. The van der Waals surface area contributed by atoms with Crippen LogP contribution in [0.1, 0.15) is 37.4 Å². The molecule has 0 spiro atoms. The number of H-pyrrole nitrogens is 1. The van der Waals surface area contributed by atoms with Crippen molar-refractivity contribution in [3.8, 4) is 0 Å². The molecule has 3 rings (SSSR count). The van der Waals surface area contributed by atoms with Gasteiger partial charge in [-0.1, -0.05) is 25.1 Å². The lowest BCUT2D eigenvalue weighted by molar-refractivity contribution is -0.123. The van der Waals surface area contributed by atoms with Gasteiger partial charge in [0.25, 0.3) is 0 Å². The fourth-order valence-corrected chi connectivity index (χ4v) is 3.02. The van der Waals surface area contributed by atoms with Crippen LogP contribution in [0, 0.1) is 6.92 Å². The largest absolute Gasteiger partial charge is 0.358 e. The molecule has 1 amide bonds. The number of aromatic nitrogens is 1. The molecule has 0 aliphatic heterocycles. The number of rotatable bonds is 4. The van der Waals surface area contributed by atoms with Gasteiger partial charge in [-0.3, -0.25) is 4.79 Å². The molecule has 3 heteroatoms. The second-order valence-electron chi connectivity index (χ2n) is 5.51. The van der Waals surface area contributed by atoms with Crippen molar-refractivity contribution in [2.24, 2.45) is 0 Å². The number of amides is 1. The van der Waals surface area contributed by atoms with Crippen LogP contribution in [-0.2, 0) is 10.2 Å². The first-order valence-electron chi connectivity index (χ1n) is 7.05. The zero-order valence-corrected chi connectivity index (χ0v) is 11.5. The molecule has 0 atom stereocenters. The Morgan fingerprint density at radius 2 is 2.11 bits per heavy atom. The van der Waals surface area contributed by atoms with Gasteiger partial charge in [0.15, 0.2) is 0 Å². The van der Waals surface area contributed by atoms with Crippen LogP contribution < -0.4 is 5.32 Å². The van der Waals surface area contributed by atoms with Crippen molar-refractivity contribution in [1.82, 2.24) is 10.3 Å². The Hall–Kier alpha value is -1.77. The molecule has 0 bridgehead atoms.